The summed E-state index contributed by atoms with van der Waals surface area (Å²) in [5.74, 6) is 0.256. The number of para-hydroxylation sites is 1. The summed E-state index contributed by atoms with van der Waals surface area (Å²) in [7, 11) is 0. The lowest BCUT2D eigenvalue weighted by Crippen LogP contribution is -2.45. The molecule has 1 aliphatic rings. The van der Waals surface area contributed by atoms with Crippen molar-refractivity contribution >= 4 is 12.0 Å². The quantitative estimate of drug-likeness (QED) is 0.834. The molecule has 0 aliphatic carbocycles. The van der Waals surface area contributed by atoms with Crippen LogP contribution in [-0.2, 0) is 0 Å². The van der Waals surface area contributed by atoms with Gasteiger partial charge in [-0.15, -0.1) is 0 Å². The smallest absolute Gasteiger partial charge is 0.152 e. The monoisotopic (exact) mass is 247 g/mol. The fraction of sp³-hybridized carbons (Fsp3) is 0.533. The molecule has 3 heteroatoms. The van der Waals surface area contributed by atoms with Crippen molar-refractivity contribution in [2.24, 2.45) is 5.92 Å². The highest BCUT2D eigenvalue weighted by Crippen LogP contribution is 2.30. The van der Waals surface area contributed by atoms with Crippen LogP contribution in [0.25, 0.3) is 0 Å². The Kier molecular flexibility index (Phi) is 3.71. The molecule has 18 heavy (non-hydrogen) atoms. The Morgan fingerprint density at radius 2 is 2.11 bits per heavy atom. The van der Waals surface area contributed by atoms with Gasteiger partial charge in [-0.25, -0.2) is 0 Å². The van der Waals surface area contributed by atoms with Crippen LogP contribution in [-0.4, -0.2) is 30.1 Å². The molecule has 1 aromatic carbocycles. The molecular weight excluding hydrogens is 226 g/mol. The first kappa shape index (κ1) is 13.1. The summed E-state index contributed by atoms with van der Waals surface area (Å²) >= 11 is 0. The molecular formula is C15H21NO2. The third-order valence-electron chi connectivity index (χ3n) is 3.82. The number of hydrogen-bond donors (Lipinski definition) is 1. The van der Waals surface area contributed by atoms with E-state index in [1.807, 2.05) is 38.1 Å². The van der Waals surface area contributed by atoms with Crippen molar-refractivity contribution in [2.45, 2.75) is 32.3 Å². The summed E-state index contributed by atoms with van der Waals surface area (Å²) in [5, 5.41) is 10.1. The van der Waals surface area contributed by atoms with Crippen LogP contribution in [0, 0.1) is 5.92 Å². The van der Waals surface area contributed by atoms with E-state index in [0.29, 0.717) is 0 Å². The van der Waals surface area contributed by atoms with E-state index in [-0.39, 0.29) is 5.92 Å². The molecule has 1 aliphatic heterocycles. The number of anilines is 1. The lowest BCUT2D eigenvalue weighted by molar-refractivity contribution is 0.0110. The van der Waals surface area contributed by atoms with Crippen LogP contribution in [0.2, 0.25) is 0 Å². The predicted octanol–water partition coefficient (Wildman–Crippen LogP) is 2.49. The van der Waals surface area contributed by atoms with E-state index >= 15 is 0 Å². The second-order valence-corrected chi connectivity index (χ2v) is 5.62. The molecule has 1 heterocycles. The number of carbonyl (C=O) groups excluding carboxylic acids is 1. The van der Waals surface area contributed by atoms with E-state index in [1.165, 1.54) is 0 Å². The van der Waals surface area contributed by atoms with Crippen molar-refractivity contribution in [2.75, 3.05) is 18.0 Å². The molecule has 1 aromatic rings. The normalized spacial score (nSPS) is 20.8. The van der Waals surface area contributed by atoms with Crippen molar-refractivity contribution in [1.29, 1.82) is 0 Å². The number of piperidine rings is 1. The van der Waals surface area contributed by atoms with Gasteiger partial charge in [0, 0.05) is 30.3 Å². The number of rotatable bonds is 3. The van der Waals surface area contributed by atoms with Gasteiger partial charge in [0.25, 0.3) is 0 Å². The summed E-state index contributed by atoms with van der Waals surface area (Å²) < 4.78 is 0. The average molecular weight is 247 g/mol. The van der Waals surface area contributed by atoms with E-state index in [9.17, 15) is 9.90 Å². The van der Waals surface area contributed by atoms with E-state index in [4.69, 9.17) is 0 Å². The second-order valence-electron chi connectivity index (χ2n) is 5.62. The maximum atomic E-state index is 11.1. The summed E-state index contributed by atoms with van der Waals surface area (Å²) in [4.78, 5) is 13.3. The van der Waals surface area contributed by atoms with Gasteiger partial charge in [-0.1, -0.05) is 12.1 Å². The van der Waals surface area contributed by atoms with Gasteiger partial charge in [-0.3, -0.25) is 4.79 Å². The molecule has 98 valence electrons. The Morgan fingerprint density at radius 3 is 2.78 bits per heavy atom. The Balaban J connectivity index is 2.21. The first-order valence-electron chi connectivity index (χ1n) is 6.54. The number of aldehydes is 1. The van der Waals surface area contributed by atoms with Crippen LogP contribution < -0.4 is 4.90 Å². The number of nitrogens with zero attached hydrogens (tertiary/aromatic N) is 1. The molecule has 2 rings (SSSR count). The predicted molar refractivity (Wildman–Crippen MR) is 73.1 cm³/mol. The van der Waals surface area contributed by atoms with E-state index in [2.05, 4.69) is 4.90 Å². The minimum absolute atomic E-state index is 0.256. The van der Waals surface area contributed by atoms with Gasteiger partial charge >= 0.3 is 0 Å². The lowest BCUT2D eigenvalue weighted by Gasteiger charge is -2.40. The highest BCUT2D eigenvalue weighted by molar-refractivity contribution is 5.84. The molecule has 1 atom stereocenters. The van der Waals surface area contributed by atoms with Crippen LogP contribution in [0.3, 0.4) is 0 Å². The largest absolute Gasteiger partial charge is 0.390 e. The fourth-order valence-electron chi connectivity index (χ4n) is 2.65. The Hall–Kier alpha value is -1.35. The topological polar surface area (TPSA) is 40.5 Å². The van der Waals surface area contributed by atoms with Crippen molar-refractivity contribution in [3.63, 3.8) is 0 Å². The van der Waals surface area contributed by atoms with Crippen molar-refractivity contribution < 1.29 is 9.90 Å². The summed E-state index contributed by atoms with van der Waals surface area (Å²) in [6, 6.07) is 7.66. The zero-order valence-corrected chi connectivity index (χ0v) is 11.1. The number of carbonyl (C=O) groups is 1. The standard InChI is InChI=1S/C15H21NO2/c1-15(2,18)13-7-5-9-16(10-13)14-8-4-3-6-12(14)11-17/h3-4,6,8,11,13,18H,5,7,9-10H2,1-2H3. The van der Waals surface area contributed by atoms with Crippen LogP contribution in [0.1, 0.15) is 37.0 Å². The molecule has 0 aromatic heterocycles. The van der Waals surface area contributed by atoms with Gasteiger partial charge in [0.1, 0.15) is 0 Å². The van der Waals surface area contributed by atoms with E-state index in [1.54, 1.807) is 0 Å². The molecule has 1 N–H and O–H groups in total. The molecule has 0 amide bonds. The van der Waals surface area contributed by atoms with Gasteiger partial charge in [-0.05, 0) is 38.8 Å². The van der Waals surface area contributed by atoms with Gasteiger partial charge in [-0.2, -0.15) is 0 Å². The second kappa shape index (κ2) is 5.11. The maximum absolute atomic E-state index is 11.1. The Morgan fingerprint density at radius 1 is 1.39 bits per heavy atom. The minimum Gasteiger partial charge on any atom is -0.390 e. The lowest BCUT2D eigenvalue weighted by atomic mass is 9.84. The molecule has 0 radical (unpaired) electrons. The average Bonchev–Trinajstić information content (AvgIpc) is 2.38. The molecule has 0 spiro atoms. The van der Waals surface area contributed by atoms with Crippen molar-refractivity contribution in [1.82, 2.24) is 0 Å². The summed E-state index contributed by atoms with van der Waals surface area (Å²) in [5.41, 5.74) is 1.06. The summed E-state index contributed by atoms with van der Waals surface area (Å²) in [6.45, 7) is 5.51. The molecule has 0 bridgehead atoms. The molecule has 3 nitrogen and oxygen atoms in total. The van der Waals surface area contributed by atoms with Crippen LogP contribution in [0.4, 0.5) is 5.69 Å². The maximum Gasteiger partial charge on any atom is 0.152 e. The number of aliphatic hydroxyl groups is 1. The van der Waals surface area contributed by atoms with Gasteiger partial charge in [0.2, 0.25) is 0 Å². The first-order valence-corrected chi connectivity index (χ1v) is 6.54. The SMILES string of the molecule is CC(C)(O)C1CCCN(c2ccccc2C=O)C1. The van der Waals surface area contributed by atoms with Gasteiger partial charge < -0.3 is 10.0 Å². The zero-order chi connectivity index (χ0) is 13.2. The highest BCUT2D eigenvalue weighted by Gasteiger charge is 2.31. The summed E-state index contributed by atoms with van der Waals surface area (Å²) in [6.07, 6.45) is 3.01. The van der Waals surface area contributed by atoms with Crippen molar-refractivity contribution in [3.05, 3.63) is 29.8 Å². The minimum atomic E-state index is -0.658. The number of benzene rings is 1. The van der Waals surface area contributed by atoms with Gasteiger partial charge in [0.15, 0.2) is 6.29 Å². The van der Waals surface area contributed by atoms with E-state index in [0.717, 1.165) is 43.5 Å². The van der Waals surface area contributed by atoms with Crippen LogP contribution in [0.15, 0.2) is 24.3 Å². The van der Waals surface area contributed by atoms with Crippen LogP contribution >= 0.6 is 0 Å². The molecule has 1 saturated heterocycles. The van der Waals surface area contributed by atoms with Gasteiger partial charge in [0.05, 0.1) is 5.60 Å². The first-order chi connectivity index (χ1) is 8.52. The molecule has 1 unspecified atom stereocenters. The third kappa shape index (κ3) is 2.72. The zero-order valence-electron chi connectivity index (χ0n) is 11.1. The third-order valence-corrected chi connectivity index (χ3v) is 3.82. The van der Waals surface area contributed by atoms with Crippen LogP contribution in [0.5, 0.6) is 0 Å². The molecule has 1 fully saturated rings. The highest BCUT2D eigenvalue weighted by atomic mass is 16.3. The Bertz CT molecular complexity index is 423. The molecule has 0 saturated carbocycles. The Labute approximate surface area is 108 Å². The fourth-order valence-corrected chi connectivity index (χ4v) is 2.65. The van der Waals surface area contributed by atoms with Crippen molar-refractivity contribution in [3.8, 4) is 0 Å². The number of hydrogen-bond acceptors (Lipinski definition) is 3. The van der Waals surface area contributed by atoms with E-state index < -0.39 is 5.60 Å².